The minimum atomic E-state index is -0.178. The summed E-state index contributed by atoms with van der Waals surface area (Å²) in [4.78, 5) is 26.2. The highest BCUT2D eigenvalue weighted by molar-refractivity contribution is 5.95. The van der Waals surface area contributed by atoms with Crippen LogP contribution in [0.5, 0.6) is 0 Å². The average Bonchev–Trinajstić information content (AvgIpc) is 3.09. The smallest absolute Gasteiger partial charge is 0.302 e. The van der Waals surface area contributed by atoms with Gasteiger partial charge >= 0.3 is 5.97 Å². The second-order valence-corrected chi connectivity index (χ2v) is 15.3. The fourth-order valence-electron chi connectivity index (χ4n) is 11.1. The van der Waals surface area contributed by atoms with Crippen molar-refractivity contribution in [2.45, 2.75) is 120 Å². The number of carbonyl (C=O) groups is 2. The third kappa shape index (κ3) is 3.21. The van der Waals surface area contributed by atoms with E-state index in [1.54, 1.807) is 0 Å². The molecule has 9 atom stereocenters. The molecule has 0 N–H and O–H groups in total. The van der Waals surface area contributed by atoms with E-state index in [-0.39, 0.29) is 39.7 Å². The van der Waals surface area contributed by atoms with E-state index in [1.807, 2.05) is 0 Å². The van der Waals surface area contributed by atoms with Gasteiger partial charge in [0.1, 0.15) is 6.10 Å². The van der Waals surface area contributed by atoms with Crippen LogP contribution in [-0.4, -0.2) is 17.9 Å². The lowest BCUT2D eigenvalue weighted by atomic mass is 9.34. The number of hydrogen-bond acceptors (Lipinski definition) is 3. The lowest BCUT2D eigenvalue weighted by Crippen LogP contribution is -2.66. The molecule has 0 aliphatic heterocycles. The van der Waals surface area contributed by atoms with E-state index >= 15 is 0 Å². The number of allylic oxidation sites excluding steroid dienone is 2. The van der Waals surface area contributed by atoms with Gasteiger partial charge in [-0.3, -0.25) is 9.59 Å². The minimum absolute atomic E-state index is 0.00475. The summed E-state index contributed by atoms with van der Waals surface area (Å²) in [5.74, 6) is 2.60. The van der Waals surface area contributed by atoms with Gasteiger partial charge in [0.15, 0.2) is 5.78 Å². The van der Waals surface area contributed by atoms with Crippen LogP contribution in [0.1, 0.15) is 114 Å². The summed E-state index contributed by atoms with van der Waals surface area (Å²) in [6.07, 6.45) is 11.4. The van der Waals surface area contributed by atoms with Crippen LogP contribution in [-0.2, 0) is 14.3 Å². The van der Waals surface area contributed by atoms with Crippen molar-refractivity contribution < 1.29 is 14.3 Å². The molecule has 0 aromatic heterocycles. The van der Waals surface area contributed by atoms with Crippen molar-refractivity contribution >= 4 is 11.8 Å². The molecule has 0 saturated heterocycles. The molecule has 0 unspecified atom stereocenters. The number of hydrogen-bond donors (Lipinski definition) is 0. The van der Waals surface area contributed by atoms with E-state index in [4.69, 9.17) is 4.74 Å². The zero-order valence-electron chi connectivity index (χ0n) is 23.9. The van der Waals surface area contributed by atoms with E-state index < -0.39 is 0 Å². The Balaban J connectivity index is 1.59. The first-order valence-corrected chi connectivity index (χ1v) is 14.5. The van der Waals surface area contributed by atoms with Crippen LogP contribution in [0.15, 0.2) is 11.6 Å². The summed E-state index contributed by atoms with van der Waals surface area (Å²) in [5.41, 5.74) is 1.80. The Kier molecular flexibility index (Phi) is 5.62. The van der Waals surface area contributed by atoms with Crippen LogP contribution in [0.25, 0.3) is 0 Å². The van der Waals surface area contributed by atoms with Crippen molar-refractivity contribution in [2.24, 2.45) is 56.7 Å². The van der Waals surface area contributed by atoms with Gasteiger partial charge in [0.2, 0.25) is 0 Å². The third-order valence-corrected chi connectivity index (χ3v) is 13.1. The normalized spacial score (nSPS) is 50.5. The van der Waals surface area contributed by atoms with Gasteiger partial charge < -0.3 is 4.74 Å². The molecule has 0 amide bonds. The van der Waals surface area contributed by atoms with Crippen LogP contribution in [0, 0.1) is 56.7 Å². The number of esters is 1. The maximum Gasteiger partial charge on any atom is 0.302 e. The molecule has 3 nitrogen and oxygen atoms in total. The Hall–Kier alpha value is -1.12. The maximum absolute atomic E-state index is 14.4. The number of ketones is 1. The number of ether oxygens (including phenoxy) is 1. The molecule has 4 saturated carbocycles. The molecule has 5 rings (SSSR count). The Labute approximate surface area is 214 Å². The van der Waals surface area contributed by atoms with Crippen LogP contribution in [0.4, 0.5) is 0 Å². The highest BCUT2D eigenvalue weighted by Gasteiger charge is 2.70. The van der Waals surface area contributed by atoms with Crippen LogP contribution in [0.3, 0.4) is 0 Å². The molecule has 0 aromatic carbocycles. The van der Waals surface area contributed by atoms with Gasteiger partial charge in [-0.1, -0.05) is 61.0 Å². The SMILES string of the molecule is CC(=O)O[C@H]1CC[C@]2(C)[C@H]3C(=O)C=C4[C@@H]5[C@@H](C(C)C)CC[C@]5(C)CC[C@@]4(C)[C@]3(C)CC[C@H]2C1(C)C. The average molecular weight is 483 g/mol. The highest BCUT2D eigenvalue weighted by Crippen LogP contribution is 2.75. The number of fused-ring (bicyclic) bond motifs is 7. The largest absolute Gasteiger partial charge is 0.462 e. The van der Waals surface area contributed by atoms with Crippen molar-refractivity contribution in [3.05, 3.63) is 11.6 Å². The van der Waals surface area contributed by atoms with E-state index in [2.05, 4.69) is 61.5 Å². The molecule has 0 aromatic rings. The third-order valence-electron chi connectivity index (χ3n) is 13.1. The monoisotopic (exact) mass is 482 g/mol. The molecule has 0 spiro atoms. The summed E-state index contributed by atoms with van der Waals surface area (Å²) in [6, 6.07) is 0. The van der Waals surface area contributed by atoms with Crippen LogP contribution < -0.4 is 0 Å². The van der Waals surface area contributed by atoms with Gasteiger partial charge in [0.25, 0.3) is 0 Å². The molecule has 0 heterocycles. The Morgan fingerprint density at radius 1 is 0.943 bits per heavy atom. The first-order chi connectivity index (χ1) is 16.1. The van der Waals surface area contributed by atoms with Crippen LogP contribution in [0.2, 0.25) is 0 Å². The molecule has 35 heavy (non-hydrogen) atoms. The fraction of sp³-hybridized carbons (Fsp3) is 0.875. The number of carbonyl (C=O) groups excluding carboxylic acids is 2. The van der Waals surface area contributed by atoms with E-state index in [1.165, 1.54) is 38.2 Å². The summed E-state index contributed by atoms with van der Waals surface area (Å²) < 4.78 is 5.85. The molecular weight excluding hydrogens is 432 g/mol. The van der Waals surface area contributed by atoms with E-state index in [0.717, 1.165) is 25.7 Å². The molecule has 3 heteroatoms. The topological polar surface area (TPSA) is 43.4 Å². The number of rotatable bonds is 2. The summed E-state index contributed by atoms with van der Waals surface area (Å²) in [5, 5.41) is 0. The van der Waals surface area contributed by atoms with Gasteiger partial charge in [0, 0.05) is 18.3 Å². The first-order valence-electron chi connectivity index (χ1n) is 14.5. The van der Waals surface area contributed by atoms with Crippen molar-refractivity contribution in [3.8, 4) is 0 Å². The van der Waals surface area contributed by atoms with Gasteiger partial charge in [-0.2, -0.15) is 0 Å². The maximum atomic E-state index is 14.4. The quantitative estimate of drug-likeness (QED) is 0.377. The first kappa shape index (κ1) is 25.5. The van der Waals surface area contributed by atoms with Crippen LogP contribution >= 0.6 is 0 Å². The summed E-state index contributed by atoms with van der Waals surface area (Å²) >= 11 is 0. The fourth-order valence-corrected chi connectivity index (χ4v) is 11.1. The zero-order chi connectivity index (χ0) is 25.8. The van der Waals surface area contributed by atoms with Gasteiger partial charge in [0.05, 0.1) is 0 Å². The van der Waals surface area contributed by atoms with E-state index in [9.17, 15) is 9.59 Å². The van der Waals surface area contributed by atoms with Gasteiger partial charge in [-0.25, -0.2) is 0 Å². The molecular formula is C32H50O3. The second kappa shape index (κ2) is 7.70. The van der Waals surface area contributed by atoms with Crippen molar-refractivity contribution in [1.29, 1.82) is 0 Å². The Bertz CT molecular complexity index is 960. The summed E-state index contributed by atoms with van der Waals surface area (Å²) in [7, 11) is 0. The molecule has 5 aliphatic carbocycles. The molecule has 5 aliphatic rings. The standard InChI is InChI=1S/C32H50O3/c1-19(2)21-10-13-29(6)16-17-31(8)22(26(21)29)18-23(34)27-30(7)14-12-25(35-20(3)33)28(4,5)24(30)11-15-32(27,31)9/h18-19,21,24-27H,10-17H2,1-9H3/t21-,24+,25+,26+,27-,29-,30+,31-,32-/m1/s1. The highest BCUT2D eigenvalue weighted by atomic mass is 16.5. The predicted molar refractivity (Wildman–Crippen MR) is 141 cm³/mol. The lowest BCUT2D eigenvalue weighted by molar-refractivity contribution is -0.209. The predicted octanol–water partition coefficient (Wildman–Crippen LogP) is 7.77. The van der Waals surface area contributed by atoms with Gasteiger partial charge in [-0.05, 0) is 103 Å². The Morgan fingerprint density at radius 2 is 1.63 bits per heavy atom. The van der Waals surface area contributed by atoms with Crippen molar-refractivity contribution in [1.82, 2.24) is 0 Å². The Morgan fingerprint density at radius 3 is 2.26 bits per heavy atom. The minimum Gasteiger partial charge on any atom is -0.462 e. The lowest BCUT2D eigenvalue weighted by Gasteiger charge is -2.69. The molecule has 0 bridgehead atoms. The summed E-state index contributed by atoms with van der Waals surface area (Å²) in [6.45, 7) is 20.9. The second-order valence-electron chi connectivity index (χ2n) is 15.3. The zero-order valence-corrected chi connectivity index (χ0v) is 23.9. The van der Waals surface area contributed by atoms with Gasteiger partial charge in [-0.15, -0.1) is 0 Å². The molecule has 4 fully saturated rings. The molecule has 196 valence electrons. The van der Waals surface area contributed by atoms with Crippen molar-refractivity contribution in [2.75, 3.05) is 0 Å². The van der Waals surface area contributed by atoms with E-state index in [0.29, 0.717) is 34.9 Å². The van der Waals surface area contributed by atoms with Crippen molar-refractivity contribution in [3.63, 3.8) is 0 Å². The molecule has 0 radical (unpaired) electrons.